The van der Waals surface area contributed by atoms with Gasteiger partial charge < -0.3 is 4.74 Å². The van der Waals surface area contributed by atoms with Crippen LogP contribution >= 0.6 is 0 Å². The van der Waals surface area contributed by atoms with E-state index in [0.29, 0.717) is 0 Å². The highest BCUT2D eigenvalue weighted by atomic mass is 19.3. The third-order valence-corrected chi connectivity index (χ3v) is 3.20. The van der Waals surface area contributed by atoms with Crippen LogP contribution in [0.2, 0.25) is 0 Å². The van der Waals surface area contributed by atoms with Gasteiger partial charge in [-0.25, -0.2) is 0 Å². The molecule has 2 nitrogen and oxygen atoms in total. The van der Waals surface area contributed by atoms with Crippen LogP contribution in [0.4, 0.5) is 17.6 Å². The summed E-state index contributed by atoms with van der Waals surface area (Å²) in [6, 6.07) is 0. The molecule has 0 rings (SSSR count). The van der Waals surface area contributed by atoms with Crippen molar-refractivity contribution in [2.75, 3.05) is 0 Å². The molecule has 0 atom stereocenters. The van der Waals surface area contributed by atoms with Gasteiger partial charge in [0.1, 0.15) is 0 Å². The Morgan fingerprint density at radius 2 is 1.35 bits per heavy atom. The fraction of sp³-hybridized carbons (Fsp3) is 0.909. The standard InChI is InChI=1S/C11H18F4O2/c1-5-10(6-2,7-3)8(16)17-11(14,15)9(4,12)13/h5-7H2,1-4H3. The summed E-state index contributed by atoms with van der Waals surface area (Å²) in [5.74, 6) is -5.65. The Balaban J connectivity index is 4.97. The number of esters is 1. The van der Waals surface area contributed by atoms with Gasteiger partial charge in [-0.05, 0) is 19.3 Å². The van der Waals surface area contributed by atoms with Crippen LogP contribution in [-0.4, -0.2) is 18.0 Å². The molecule has 0 aliphatic heterocycles. The van der Waals surface area contributed by atoms with E-state index in [-0.39, 0.29) is 26.2 Å². The van der Waals surface area contributed by atoms with E-state index in [2.05, 4.69) is 4.74 Å². The highest BCUT2D eigenvalue weighted by Crippen LogP contribution is 2.39. The number of alkyl halides is 4. The van der Waals surface area contributed by atoms with Gasteiger partial charge in [-0.2, -0.15) is 17.6 Å². The van der Waals surface area contributed by atoms with Gasteiger partial charge in [-0.3, -0.25) is 4.79 Å². The molecule has 0 spiro atoms. The zero-order valence-electron chi connectivity index (χ0n) is 10.4. The molecule has 0 radical (unpaired) electrons. The molecule has 0 aromatic carbocycles. The van der Waals surface area contributed by atoms with Crippen molar-refractivity contribution < 1.29 is 27.1 Å². The highest BCUT2D eigenvalue weighted by molar-refractivity contribution is 5.77. The topological polar surface area (TPSA) is 26.3 Å². The van der Waals surface area contributed by atoms with Gasteiger partial charge >= 0.3 is 18.0 Å². The van der Waals surface area contributed by atoms with Gasteiger partial charge in [0.2, 0.25) is 0 Å². The Morgan fingerprint density at radius 1 is 1.00 bits per heavy atom. The van der Waals surface area contributed by atoms with Gasteiger partial charge in [-0.15, -0.1) is 0 Å². The minimum absolute atomic E-state index is 0.0196. The molecule has 0 heterocycles. The number of ether oxygens (including phenoxy) is 1. The SMILES string of the molecule is CCC(CC)(CC)C(=O)OC(F)(F)C(C)(F)F. The van der Waals surface area contributed by atoms with E-state index in [9.17, 15) is 22.4 Å². The molecule has 0 fully saturated rings. The van der Waals surface area contributed by atoms with E-state index in [1.807, 2.05) is 0 Å². The number of carbonyl (C=O) groups excluding carboxylic acids is 1. The summed E-state index contributed by atoms with van der Waals surface area (Å²) in [7, 11) is 0. The van der Waals surface area contributed by atoms with Crippen molar-refractivity contribution in [2.24, 2.45) is 5.41 Å². The van der Waals surface area contributed by atoms with E-state index in [0.717, 1.165) is 0 Å². The first kappa shape index (κ1) is 16.2. The van der Waals surface area contributed by atoms with Crippen molar-refractivity contribution in [1.82, 2.24) is 0 Å². The zero-order valence-corrected chi connectivity index (χ0v) is 10.4. The molecule has 0 bridgehead atoms. The first-order valence-electron chi connectivity index (χ1n) is 5.55. The molecule has 17 heavy (non-hydrogen) atoms. The van der Waals surface area contributed by atoms with Crippen LogP contribution in [0.15, 0.2) is 0 Å². The molecule has 0 aromatic heterocycles. The monoisotopic (exact) mass is 258 g/mol. The second-order valence-electron chi connectivity index (χ2n) is 4.14. The third-order valence-electron chi connectivity index (χ3n) is 3.20. The fourth-order valence-corrected chi connectivity index (χ4v) is 1.50. The van der Waals surface area contributed by atoms with Crippen molar-refractivity contribution in [2.45, 2.75) is 59.0 Å². The number of hydrogen-bond acceptors (Lipinski definition) is 2. The first-order valence-corrected chi connectivity index (χ1v) is 5.55. The van der Waals surface area contributed by atoms with Crippen molar-refractivity contribution in [3.05, 3.63) is 0 Å². The molecule has 0 aliphatic carbocycles. The lowest BCUT2D eigenvalue weighted by Crippen LogP contribution is -2.45. The van der Waals surface area contributed by atoms with Crippen molar-refractivity contribution >= 4 is 5.97 Å². The van der Waals surface area contributed by atoms with E-state index in [1.54, 1.807) is 20.8 Å². The Kier molecular flexibility index (Phi) is 4.98. The van der Waals surface area contributed by atoms with Gasteiger partial charge in [0.15, 0.2) is 0 Å². The molecular formula is C11H18F4O2. The molecule has 0 aliphatic rings. The number of halogens is 4. The minimum atomic E-state index is -4.77. The van der Waals surface area contributed by atoms with Crippen molar-refractivity contribution in [3.63, 3.8) is 0 Å². The predicted molar refractivity (Wildman–Crippen MR) is 55.0 cm³/mol. The van der Waals surface area contributed by atoms with E-state index in [1.165, 1.54) is 0 Å². The lowest BCUT2D eigenvalue weighted by atomic mass is 9.80. The molecule has 0 unspecified atom stereocenters. The van der Waals surface area contributed by atoms with Crippen molar-refractivity contribution in [3.8, 4) is 0 Å². The van der Waals surface area contributed by atoms with Crippen molar-refractivity contribution in [1.29, 1.82) is 0 Å². The summed E-state index contributed by atoms with van der Waals surface area (Å²) in [5.41, 5.74) is -1.12. The molecule has 102 valence electrons. The summed E-state index contributed by atoms with van der Waals surface area (Å²) in [4.78, 5) is 11.6. The summed E-state index contributed by atoms with van der Waals surface area (Å²) >= 11 is 0. The van der Waals surface area contributed by atoms with E-state index < -0.39 is 23.4 Å². The van der Waals surface area contributed by atoms with Crippen LogP contribution < -0.4 is 0 Å². The average molecular weight is 258 g/mol. The van der Waals surface area contributed by atoms with Crippen LogP contribution in [0.25, 0.3) is 0 Å². The highest BCUT2D eigenvalue weighted by Gasteiger charge is 2.58. The van der Waals surface area contributed by atoms with E-state index in [4.69, 9.17) is 0 Å². The second-order valence-corrected chi connectivity index (χ2v) is 4.14. The number of hydrogen-bond donors (Lipinski definition) is 0. The van der Waals surface area contributed by atoms with Crippen LogP contribution in [0.1, 0.15) is 47.0 Å². The Bertz CT molecular complexity index is 259. The fourth-order valence-electron chi connectivity index (χ4n) is 1.50. The Labute approximate surface area is 98.3 Å². The number of carbonyl (C=O) groups is 1. The van der Waals surface area contributed by atoms with Crippen LogP contribution in [-0.2, 0) is 9.53 Å². The minimum Gasteiger partial charge on any atom is -0.396 e. The van der Waals surface area contributed by atoms with Gasteiger partial charge in [0.05, 0.1) is 5.41 Å². The maximum absolute atomic E-state index is 12.9. The molecule has 0 aromatic rings. The molecule has 6 heteroatoms. The third kappa shape index (κ3) is 3.33. The average Bonchev–Trinajstić information content (AvgIpc) is 2.18. The Morgan fingerprint density at radius 3 is 1.59 bits per heavy atom. The molecule has 0 N–H and O–H groups in total. The smallest absolute Gasteiger partial charge is 0.396 e. The lowest BCUT2D eigenvalue weighted by Gasteiger charge is -2.31. The van der Waals surface area contributed by atoms with Gasteiger partial charge in [-0.1, -0.05) is 20.8 Å². The Hall–Kier alpha value is -0.810. The van der Waals surface area contributed by atoms with Gasteiger partial charge in [0.25, 0.3) is 0 Å². The second kappa shape index (κ2) is 5.23. The predicted octanol–water partition coefficient (Wildman–Crippen LogP) is 3.99. The van der Waals surface area contributed by atoms with Crippen LogP contribution in [0.5, 0.6) is 0 Å². The van der Waals surface area contributed by atoms with Gasteiger partial charge in [0, 0.05) is 6.92 Å². The van der Waals surface area contributed by atoms with E-state index >= 15 is 0 Å². The summed E-state index contributed by atoms with van der Waals surface area (Å²) < 4.78 is 54.6. The molecule has 0 saturated heterocycles. The molecule has 0 amide bonds. The summed E-state index contributed by atoms with van der Waals surface area (Å²) in [5, 5.41) is 0. The lowest BCUT2D eigenvalue weighted by molar-refractivity contribution is -0.328. The summed E-state index contributed by atoms with van der Waals surface area (Å²) in [6.45, 7) is 4.93. The summed E-state index contributed by atoms with van der Waals surface area (Å²) in [6.07, 6.45) is -3.96. The molecule has 0 saturated carbocycles. The van der Waals surface area contributed by atoms with Crippen LogP contribution in [0, 0.1) is 5.41 Å². The molecular weight excluding hydrogens is 240 g/mol. The largest absolute Gasteiger partial charge is 0.466 e. The van der Waals surface area contributed by atoms with Crippen LogP contribution in [0.3, 0.4) is 0 Å². The zero-order chi connectivity index (χ0) is 13.9. The quantitative estimate of drug-likeness (QED) is 0.532. The number of rotatable bonds is 6. The normalized spacial score (nSPS) is 13.6. The maximum atomic E-state index is 12.9. The maximum Gasteiger partial charge on any atom is 0.466 e. The first-order chi connectivity index (χ1) is 7.56.